The molecule has 0 spiro atoms. The number of fused-ring (bicyclic) bond motifs is 1. The molecule has 0 aliphatic carbocycles. The summed E-state index contributed by atoms with van der Waals surface area (Å²) in [5.74, 6) is 0.0236. The van der Waals surface area contributed by atoms with E-state index < -0.39 is 5.82 Å². The molecule has 22 heavy (non-hydrogen) atoms. The van der Waals surface area contributed by atoms with Crippen molar-refractivity contribution in [2.45, 2.75) is 25.3 Å². The van der Waals surface area contributed by atoms with Crippen LogP contribution in [0.25, 0.3) is 0 Å². The second-order valence-corrected chi connectivity index (χ2v) is 6.68. The van der Waals surface area contributed by atoms with Crippen LogP contribution in [0.1, 0.15) is 19.3 Å². The number of hydrogen-bond acceptors (Lipinski definition) is 2. The van der Waals surface area contributed by atoms with Gasteiger partial charge in [-0.2, -0.15) is 0 Å². The van der Waals surface area contributed by atoms with E-state index in [0.29, 0.717) is 17.6 Å². The molecule has 2 atom stereocenters. The van der Waals surface area contributed by atoms with Crippen molar-refractivity contribution < 1.29 is 9.18 Å². The van der Waals surface area contributed by atoms with Crippen molar-refractivity contribution in [3.8, 4) is 0 Å². The number of urea groups is 1. The van der Waals surface area contributed by atoms with Crippen LogP contribution in [-0.4, -0.2) is 48.6 Å². The van der Waals surface area contributed by atoms with Crippen LogP contribution in [0.5, 0.6) is 0 Å². The quantitative estimate of drug-likeness (QED) is 0.858. The van der Waals surface area contributed by atoms with Gasteiger partial charge in [0.05, 0.1) is 5.02 Å². The lowest BCUT2D eigenvalue weighted by atomic mass is 9.84. The number of carbonyl (C=O) groups is 1. The van der Waals surface area contributed by atoms with E-state index in [-0.39, 0.29) is 11.1 Å². The van der Waals surface area contributed by atoms with Crippen LogP contribution in [0.15, 0.2) is 18.2 Å². The average Bonchev–Trinajstić information content (AvgIpc) is 2.50. The molecular formula is C16H21ClFN3O. The molecule has 1 aromatic rings. The van der Waals surface area contributed by atoms with Gasteiger partial charge in [-0.3, -0.25) is 0 Å². The standard InChI is InChI=1S/C16H21ClFN3O/c1-20-8-6-15-11(10-20)3-2-7-21(15)16(22)19-12-4-5-13(17)14(18)9-12/h4-5,9,11,15H,2-3,6-8,10H2,1H3,(H,19,22)/t11-,15-/m1/s1. The highest BCUT2D eigenvalue weighted by molar-refractivity contribution is 6.30. The second-order valence-electron chi connectivity index (χ2n) is 6.27. The van der Waals surface area contributed by atoms with Gasteiger partial charge in [-0.1, -0.05) is 11.6 Å². The van der Waals surface area contributed by atoms with Crippen molar-refractivity contribution in [1.29, 1.82) is 0 Å². The lowest BCUT2D eigenvalue weighted by molar-refractivity contribution is 0.0579. The topological polar surface area (TPSA) is 35.6 Å². The fourth-order valence-corrected chi connectivity index (χ4v) is 3.72. The van der Waals surface area contributed by atoms with Crippen molar-refractivity contribution in [3.63, 3.8) is 0 Å². The number of piperidine rings is 2. The van der Waals surface area contributed by atoms with Crippen molar-refractivity contribution in [2.75, 3.05) is 32.0 Å². The van der Waals surface area contributed by atoms with E-state index in [0.717, 1.165) is 32.5 Å². The average molecular weight is 326 g/mol. The predicted molar refractivity (Wildman–Crippen MR) is 85.8 cm³/mol. The molecule has 3 rings (SSSR count). The molecule has 2 amide bonds. The highest BCUT2D eigenvalue weighted by Gasteiger charge is 2.37. The molecular weight excluding hydrogens is 305 g/mol. The first-order valence-electron chi connectivity index (χ1n) is 7.76. The Labute approximate surface area is 135 Å². The molecule has 0 aromatic heterocycles. The maximum atomic E-state index is 13.5. The van der Waals surface area contributed by atoms with Crippen LogP contribution in [0.4, 0.5) is 14.9 Å². The van der Waals surface area contributed by atoms with Gasteiger partial charge in [0, 0.05) is 24.8 Å². The monoisotopic (exact) mass is 325 g/mol. The maximum Gasteiger partial charge on any atom is 0.322 e. The second kappa shape index (κ2) is 6.42. The molecule has 2 saturated heterocycles. The Kier molecular flexibility index (Phi) is 4.54. The van der Waals surface area contributed by atoms with Crippen LogP contribution in [0.3, 0.4) is 0 Å². The number of likely N-dealkylation sites (tertiary alicyclic amines) is 2. The number of benzene rings is 1. The summed E-state index contributed by atoms with van der Waals surface area (Å²) in [5, 5.41) is 2.86. The van der Waals surface area contributed by atoms with E-state index >= 15 is 0 Å². The number of nitrogens with zero attached hydrogens (tertiary/aromatic N) is 2. The molecule has 2 aliphatic rings. The smallest absolute Gasteiger partial charge is 0.321 e. The van der Waals surface area contributed by atoms with Gasteiger partial charge in [0.2, 0.25) is 0 Å². The van der Waals surface area contributed by atoms with Crippen LogP contribution < -0.4 is 5.32 Å². The number of nitrogens with one attached hydrogen (secondary N) is 1. The zero-order valence-corrected chi connectivity index (χ0v) is 13.4. The predicted octanol–water partition coefficient (Wildman–Crippen LogP) is 3.43. The Bertz CT molecular complexity index is 568. The van der Waals surface area contributed by atoms with Crippen LogP contribution in [0, 0.1) is 11.7 Å². The summed E-state index contributed by atoms with van der Waals surface area (Å²) in [5.41, 5.74) is 0.446. The van der Waals surface area contributed by atoms with Gasteiger partial charge in [-0.25, -0.2) is 9.18 Å². The van der Waals surface area contributed by atoms with Gasteiger partial charge in [0.1, 0.15) is 5.82 Å². The Morgan fingerprint density at radius 2 is 2.18 bits per heavy atom. The summed E-state index contributed by atoms with van der Waals surface area (Å²) < 4.78 is 13.5. The SMILES string of the molecule is CN1CC[C@@H]2[C@H](CCCN2C(=O)Nc2ccc(Cl)c(F)c2)C1. The lowest BCUT2D eigenvalue weighted by Crippen LogP contribution is -2.56. The summed E-state index contributed by atoms with van der Waals surface area (Å²) in [6.45, 7) is 2.83. The minimum absolute atomic E-state index is 0.0614. The molecule has 4 nitrogen and oxygen atoms in total. The number of halogens is 2. The van der Waals surface area contributed by atoms with Gasteiger partial charge in [0.25, 0.3) is 0 Å². The number of carbonyl (C=O) groups excluding carboxylic acids is 1. The normalized spacial score (nSPS) is 25.7. The van der Waals surface area contributed by atoms with Crippen LogP contribution >= 0.6 is 11.6 Å². The Morgan fingerprint density at radius 1 is 1.36 bits per heavy atom. The third kappa shape index (κ3) is 3.20. The number of anilines is 1. The van der Waals surface area contributed by atoms with Crippen LogP contribution in [0.2, 0.25) is 5.02 Å². The molecule has 0 bridgehead atoms. The van der Waals surface area contributed by atoms with Gasteiger partial charge in [-0.15, -0.1) is 0 Å². The van der Waals surface area contributed by atoms with Crippen molar-refractivity contribution >= 4 is 23.3 Å². The van der Waals surface area contributed by atoms with Gasteiger partial charge in [0.15, 0.2) is 0 Å². The van der Waals surface area contributed by atoms with Gasteiger partial charge >= 0.3 is 6.03 Å². The molecule has 2 fully saturated rings. The van der Waals surface area contributed by atoms with E-state index in [2.05, 4.69) is 17.3 Å². The highest BCUT2D eigenvalue weighted by Crippen LogP contribution is 2.30. The van der Waals surface area contributed by atoms with E-state index in [1.165, 1.54) is 18.6 Å². The molecule has 2 heterocycles. The molecule has 120 valence electrons. The molecule has 0 saturated carbocycles. The molecule has 6 heteroatoms. The summed E-state index contributed by atoms with van der Waals surface area (Å²) in [7, 11) is 2.13. The minimum Gasteiger partial charge on any atom is -0.321 e. The Morgan fingerprint density at radius 3 is 2.95 bits per heavy atom. The zero-order chi connectivity index (χ0) is 15.7. The third-order valence-corrected chi connectivity index (χ3v) is 5.01. The van der Waals surface area contributed by atoms with E-state index in [1.807, 2.05) is 4.90 Å². The number of hydrogen-bond donors (Lipinski definition) is 1. The summed E-state index contributed by atoms with van der Waals surface area (Å²) in [4.78, 5) is 16.8. The molecule has 2 aliphatic heterocycles. The van der Waals surface area contributed by atoms with Gasteiger partial charge in [-0.05, 0) is 57.0 Å². The first kappa shape index (κ1) is 15.6. The molecule has 1 aromatic carbocycles. The first-order valence-corrected chi connectivity index (χ1v) is 8.13. The number of rotatable bonds is 1. The minimum atomic E-state index is -0.518. The summed E-state index contributed by atoms with van der Waals surface area (Å²) >= 11 is 5.67. The van der Waals surface area contributed by atoms with Crippen molar-refractivity contribution in [3.05, 3.63) is 29.0 Å². The van der Waals surface area contributed by atoms with Crippen molar-refractivity contribution in [2.24, 2.45) is 5.92 Å². The zero-order valence-electron chi connectivity index (χ0n) is 12.7. The van der Waals surface area contributed by atoms with Gasteiger partial charge < -0.3 is 15.1 Å². The van der Waals surface area contributed by atoms with Crippen LogP contribution in [-0.2, 0) is 0 Å². The fourth-order valence-electron chi connectivity index (χ4n) is 3.61. The molecule has 1 N–H and O–H groups in total. The van der Waals surface area contributed by atoms with E-state index in [9.17, 15) is 9.18 Å². The summed E-state index contributed by atoms with van der Waals surface area (Å²) in [6, 6.07) is 4.50. The van der Waals surface area contributed by atoms with E-state index in [1.54, 1.807) is 6.07 Å². The first-order chi connectivity index (χ1) is 10.5. The fraction of sp³-hybridized carbons (Fsp3) is 0.562. The Hall–Kier alpha value is -1.33. The Balaban J connectivity index is 1.69. The molecule has 0 radical (unpaired) electrons. The molecule has 0 unspecified atom stereocenters. The third-order valence-electron chi connectivity index (χ3n) is 4.70. The maximum absolute atomic E-state index is 13.5. The highest BCUT2D eigenvalue weighted by atomic mass is 35.5. The lowest BCUT2D eigenvalue weighted by Gasteiger charge is -2.46. The van der Waals surface area contributed by atoms with E-state index in [4.69, 9.17) is 11.6 Å². The summed E-state index contributed by atoms with van der Waals surface area (Å²) in [6.07, 6.45) is 3.20. The number of amides is 2. The van der Waals surface area contributed by atoms with Crippen molar-refractivity contribution in [1.82, 2.24) is 9.80 Å². The largest absolute Gasteiger partial charge is 0.322 e.